The maximum atomic E-state index is 5.70. The highest BCUT2D eigenvalue weighted by Gasteiger charge is 2.17. The summed E-state index contributed by atoms with van der Waals surface area (Å²) in [7, 11) is 9.16. The molecule has 0 bridgehead atoms. The summed E-state index contributed by atoms with van der Waals surface area (Å²) >= 11 is 0. The molecule has 0 saturated heterocycles. The SMILES string of the molecule is CCOc1ccccc1CNC(=NC)NCC(c1ccc(OC)c(OC)c1)N(C)C.I. The van der Waals surface area contributed by atoms with Crippen molar-refractivity contribution in [2.75, 3.05) is 48.5 Å². The first-order valence-corrected chi connectivity index (χ1v) is 10.1. The van der Waals surface area contributed by atoms with Crippen molar-refractivity contribution in [2.24, 2.45) is 4.99 Å². The van der Waals surface area contributed by atoms with Gasteiger partial charge in [-0.1, -0.05) is 24.3 Å². The minimum Gasteiger partial charge on any atom is -0.494 e. The van der Waals surface area contributed by atoms with Crippen molar-refractivity contribution < 1.29 is 14.2 Å². The molecule has 0 radical (unpaired) electrons. The molecule has 2 aromatic rings. The van der Waals surface area contributed by atoms with E-state index in [-0.39, 0.29) is 30.0 Å². The minimum atomic E-state index is 0. The first-order valence-electron chi connectivity index (χ1n) is 10.1. The van der Waals surface area contributed by atoms with E-state index in [2.05, 4.69) is 46.8 Å². The number of nitrogens with one attached hydrogen (secondary N) is 2. The largest absolute Gasteiger partial charge is 0.494 e. The highest BCUT2D eigenvalue weighted by Crippen LogP contribution is 2.31. The van der Waals surface area contributed by atoms with Crippen molar-refractivity contribution in [3.63, 3.8) is 0 Å². The number of benzene rings is 2. The van der Waals surface area contributed by atoms with Gasteiger partial charge in [-0.05, 0) is 44.8 Å². The summed E-state index contributed by atoms with van der Waals surface area (Å²) < 4.78 is 16.5. The smallest absolute Gasteiger partial charge is 0.191 e. The zero-order valence-electron chi connectivity index (χ0n) is 19.3. The molecular formula is C23H35IN4O3. The second-order valence-corrected chi connectivity index (χ2v) is 6.94. The van der Waals surface area contributed by atoms with Crippen LogP contribution >= 0.6 is 24.0 Å². The molecule has 8 heteroatoms. The van der Waals surface area contributed by atoms with Gasteiger partial charge in [0.05, 0.1) is 26.9 Å². The maximum Gasteiger partial charge on any atom is 0.191 e. The predicted molar refractivity (Wildman–Crippen MR) is 137 cm³/mol. The fraction of sp³-hybridized carbons (Fsp3) is 0.435. The number of methoxy groups -OCH3 is 2. The van der Waals surface area contributed by atoms with E-state index in [0.29, 0.717) is 19.7 Å². The molecule has 0 aromatic heterocycles. The molecule has 2 aromatic carbocycles. The standard InChI is InChI=1S/C23H34N4O3.HI/c1-7-30-20-11-9-8-10-18(20)15-25-23(24-2)26-16-19(27(3)4)17-12-13-21(28-5)22(14-17)29-6;/h8-14,19H,7,15-16H2,1-6H3,(H2,24,25,26);1H. The summed E-state index contributed by atoms with van der Waals surface area (Å²) in [6.07, 6.45) is 0. The van der Waals surface area contributed by atoms with E-state index in [4.69, 9.17) is 14.2 Å². The lowest BCUT2D eigenvalue weighted by molar-refractivity contribution is 0.295. The number of nitrogens with zero attached hydrogens (tertiary/aromatic N) is 2. The van der Waals surface area contributed by atoms with E-state index in [9.17, 15) is 0 Å². The van der Waals surface area contributed by atoms with E-state index in [1.165, 1.54) is 0 Å². The minimum absolute atomic E-state index is 0. The van der Waals surface area contributed by atoms with Crippen molar-refractivity contribution in [1.82, 2.24) is 15.5 Å². The fourth-order valence-electron chi connectivity index (χ4n) is 3.20. The van der Waals surface area contributed by atoms with Gasteiger partial charge >= 0.3 is 0 Å². The zero-order chi connectivity index (χ0) is 21.9. The Labute approximate surface area is 203 Å². The number of para-hydroxylation sites is 1. The molecule has 0 fully saturated rings. The van der Waals surface area contributed by atoms with Crippen LogP contribution in [-0.2, 0) is 6.54 Å². The molecule has 0 aliphatic heterocycles. The molecule has 0 aliphatic rings. The number of hydrogen-bond acceptors (Lipinski definition) is 5. The van der Waals surface area contributed by atoms with Crippen LogP contribution in [0.4, 0.5) is 0 Å². The van der Waals surface area contributed by atoms with Crippen molar-refractivity contribution in [3.8, 4) is 17.2 Å². The highest BCUT2D eigenvalue weighted by atomic mass is 127. The number of aliphatic imine (C=N–C) groups is 1. The lowest BCUT2D eigenvalue weighted by Crippen LogP contribution is -2.41. The first-order chi connectivity index (χ1) is 14.5. The first kappa shape index (κ1) is 26.8. The van der Waals surface area contributed by atoms with Gasteiger partial charge in [-0.15, -0.1) is 24.0 Å². The summed E-state index contributed by atoms with van der Waals surface area (Å²) in [4.78, 5) is 6.51. The lowest BCUT2D eigenvalue weighted by Gasteiger charge is -2.26. The van der Waals surface area contributed by atoms with Gasteiger partial charge in [-0.25, -0.2) is 0 Å². The van der Waals surface area contributed by atoms with E-state index in [1.807, 2.05) is 37.3 Å². The third-order valence-corrected chi connectivity index (χ3v) is 4.82. The average molecular weight is 542 g/mol. The Hall–Kier alpha value is -2.20. The molecular weight excluding hydrogens is 507 g/mol. The van der Waals surface area contributed by atoms with Crippen LogP contribution in [0.5, 0.6) is 17.2 Å². The van der Waals surface area contributed by atoms with Gasteiger partial charge in [0.15, 0.2) is 17.5 Å². The average Bonchev–Trinajstić information content (AvgIpc) is 2.76. The second-order valence-electron chi connectivity index (χ2n) is 6.94. The van der Waals surface area contributed by atoms with Crippen molar-refractivity contribution >= 4 is 29.9 Å². The van der Waals surface area contributed by atoms with Gasteiger partial charge in [0.2, 0.25) is 0 Å². The van der Waals surface area contributed by atoms with Gasteiger partial charge in [0, 0.05) is 25.7 Å². The molecule has 2 N–H and O–H groups in total. The number of rotatable bonds is 10. The van der Waals surface area contributed by atoms with Crippen molar-refractivity contribution in [3.05, 3.63) is 53.6 Å². The third-order valence-electron chi connectivity index (χ3n) is 4.82. The number of guanidine groups is 1. The lowest BCUT2D eigenvalue weighted by atomic mass is 10.1. The quantitative estimate of drug-likeness (QED) is 0.271. The topological polar surface area (TPSA) is 67.3 Å². The number of ether oxygens (including phenoxy) is 3. The second kappa shape index (κ2) is 14.0. The van der Waals surface area contributed by atoms with Crippen molar-refractivity contribution in [2.45, 2.75) is 19.5 Å². The fourth-order valence-corrected chi connectivity index (χ4v) is 3.20. The van der Waals surface area contributed by atoms with Gasteiger partial charge in [-0.3, -0.25) is 4.99 Å². The Morgan fingerprint density at radius 2 is 1.71 bits per heavy atom. The summed E-state index contributed by atoms with van der Waals surface area (Å²) in [5.41, 5.74) is 2.22. The Balaban J connectivity index is 0.00000480. The molecule has 31 heavy (non-hydrogen) atoms. The van der Waals surface area contributed by atoms with Crippen LogP contribution in [0.15, 0.2) is 47.5 Å². The number of halogens is 1. The molecule has 0 saturated carbocycles. The Kier molecular flexibility index (Phi) is 12.1. The van der Waals surface area contributed by atoms with Crippen molar-refractivity contribution in [1.29, 1.82) is 0 Å². The van der Waals surface area contributed by atoms with Crippen LogP contribution in [0.25, 0.3) is 0 Å². The Bertz CT molecular complexity index is 830. The van der Waals surface area contributed by atoms with Crippen LogP contribution in [0, 0.1) is 0 Å². The molecule has 7 nitrogen and oxygen atoms in total. The van der Waals surface area contributed by atoms with Gasteiger partial charge in [0.25, 0.3) is 0 Å². The van der Waals surface area contributed by atoms with Crippen LogP contribution < -0.4 is 24.8 Å². The van der Waals surface area contributed by atoms with E-state index in [1.54, 1.807) is 21.3 Å². The van der Waals surface area contributed by atoms with Crippen LogP contribution in [0.3, 0.4) is 0 Å². The van der Waals surface area contributed by atoms with E-state index >= 15 is 0 Å². The van der Waals surface area contributed by atoms with Crippen LogP contribution in [0.1, 0.15) is 24.1 Å². The monoisotopic (exact) mass is 542 g/mol. The predicted octanol–water partition coefficient (Wildman–Crippen LogP) is 3.69. The maximum absolute atomic E-state index is 5.70. The normalized spacial score (nSPS) is 12.0. The molecule has 1 unspecified atom stereocenters. The highest BCUT2D eigenvalue weighted by molar-refractivity contribution is 14.0. The van der Waals surface area contributed by atoms with E-state index < -0.39 is 0 Å². The molecule has 2 rings (SSSR count). The van der Waals surface area contributed by atoms with E-state index in [0.717, 1.165) is 34.3 Å². The number of hydrogen-bond donors (Lipinski definition) is 2. The molecule has 172 valence electrons. The zero-order valence-corrected chi connectivity index (χ0v) is 21.6. The molecule has 0 aliphatic carbocycles. The van der Waals surface area contributed by atoms with Crippen LogP contribution in [-0.4, -0.2) is 59.4 Å². The summed E-state index contributed by atoms with van der Waals surface area (Å²) in [6.45, 7) is 3.92. The third kappa shape index (κ3) is 7.77. The number of likely N-dealkylation sites (N-methyl/N-ethyl adjacent to an activating group) is 1. The molecule has 0 spiro atoms. The van der Waals surface area contributed by atoms with Gasteiger partial charge < -0.3 is 29.7 Å². The molecule has 0 heterocycles. The Morgan fingerprint density at radius 3 is 2.32 bits per heavy atom. The summed E-state index contributed by atoms with van der Waals surface area (Å²) in [6, 6.07) is 14.2. The summed E-state index contributed by atoms with van der Waals surface area (Å²) in [5, 5.41) is 6.79. The Morgan fingerprint density at radius 1 is 1.00 bits per heavy atom. The summed E-state index contributed by atoms with van der Waals surface area (Å²) in [5.74, 6) is 3.06. The molecule has 0 amide bonds. The van der Waals surface area contributed by atoms with Gasteiger partial charge in [-0.2, -0.15) is 0 Å². The van der Waals surface area contributed by atoms with Crippen LogP contribution in [0.2, 0.25) is 0 Å². The molecule has 1 atom stereocenters. The van der Waals surface area contributed by atoms with Gasteiger partial charge in [0.1, 0.15) is 5.75 Å².